The maximum absolute atomic E-state index is 12.4. The second-order valence-electron chi connectivity index (χ2n) is 5.35. The molecule has 0 bridgehead atoms. The van der Waals surface area contributed by atoms with E-state index < -0.39 is 0 Å². The zero-order valence-corrected chi connectivity index (χ0v) is 13.3. The molecule has 0 saturated carbocycles. The number of rotatable bonds is 6. The van der Waals surface area contributed by atoms with Crippen molar-refractivity contribution in [1.29, 1.82) is 0 Å². The molecule has 1 aromatic carbocycles. The first-order valence-corrected chi connectivity index (χ1v) is 7.67. The fourth-order valence-corrected chi connectivity index (χ4v) is 2.31. The summed E-state index contributed by atoms with van der Waals surface area (Å²) in [5.74, 6) is 0.483. The quantitative estimate of drug-likeness (QED) is 0.731. The zero-order chi connectivity index (χ0) is 16.8. The van der Waals surface area contributed by atoms with Crippen molar-refractivity contribution in [2.24, 2.45) is 0 Å². The van der Waals surface area contributed by atoms with Crippen LogP contribution < -0.4 is 10.1 Å². The summed E-state index contributed by atoms with van der Waals surface area (Å²) < 4.78 is 5.70. The Labute approximate surface area is 139 Å². The molecule has 0 saturated heterocycles. The Morgan fingerprint density at radius 3 is 2.79 bits per heavy atom. The van der Waals surface area contributed by atoms with Crippen molar-refractivity contribution in [1.82, 2.24) is 20.5 Å². The van der Waals surface area contributed by atoms with E-state index in [9.17, 15) is 4.79 Å². The van der Waals surface area contributed by atoms with Gasteiger partial charge in [0.2, 0.25) is 0 Å². The fraction of sp³-hybridized carbons (Fsp3) is 0.167. The van der Waals surface area contributed by atoms with Crippen LogP contribution in [-0.4, -0.2) is 33.7 Å². The number of carbonyl (C=O) groups is 1. The minimum atomic E-state index is -0.191. The normalized spacial score (nSPS) is 11.7. The van der Waals surface area contributed by atoms with E-state index >= 15 is 0 Å². The molecule has 0 unspecified atom stereocenters. The summed E-state index contributed by atoms with van der Waals surface area (Å²) in [5.41, 5.74) is 2.13. The molecular formula is C18H18N4O2. The van der Waals surface area contributed by atoms with Gasteiger partial charge in [0.15, 0.2) is 0 Å². The van der Waals surface area contributed by atoms with Crippen molar-refractivity contribution in [2.75, 3.05) is 6.54 Å². The molecule has 0 aliphatic heterocycles. The first-order chi connectivity index (χ1) is 11.7. The Morgan fingerprint density at radius 2 is 2.04 bits per heavy atom. The number of nitrogens with zero attached hydrogens (tertiary/aromatic N) is 2. The number of hydrogen-bond acceptors (Lipinski definition) is 4. The van der Waals surface area contributed by atoms with Crippen molar-refractivity contribution in [3.05, 3.63) is 66.6 Å². The molecular weight excluding hydrogens is 304 g/mol. The summed E-state index contributed by atoms with van der Waals surface area (Å²) >= 11 is 0. The highest BCUT2D eigenvalue weighted by molar-refractivity contribution is 5.99. The summed E-state index contributed by atoms with van der Waals surface area (Å²) in [6.45, 7) is 2.27. The Kier molecular flexibility index (Phi) is 4.86. The predicted molar refractivity (Wildman–Crippen MR) is 90.7 cm³/mol. The molecule has 2 N–H and O–H groups in total. The van der Waals surface area contributed by atoms with Crippen LogP contribution >= 0.6 is 0 Å². The molecule has 0 spiro atoms. The van der Waals surface area contributed by atoms with E-state index in [-0.39, 0.29) is 12.0 Å². The zero-order valence-electron chi connectivity index (χ0n) is 13.3. The molecule has 6 nitrogen and oxygen atoms in total. The molecule has 3 rings (SSSR count). The Hall–Kier alpha value is -3.15. The van der Waals surface area contributed by atoms with Gasteiger partial charge in [-0.1, -0.05) is 30.3 Å². The van der Waals surface area contributed by atoms with Gasteiger partial charge in [-0.05, 0) is 19.1 Å². The third-order valence-electron chi connectivity index (χ3n) is 3.47. The van der Waals surface area contributed by atoms with Gasteiger partial charge in [-0.15, -0.1) is 0 Å². The van der Waals surface area contributed by atoms with E-state index in [0.29, 0.717) is 23.6 Å². The van der Waals surface area contributed by atoms with Crippen LogP contribution in [0, 0.1) is 0 Å². The van der Waals surface area contributed by atoms with E-state index in [4.69, 9.17) is 4.74 Å². The largest absolute Gasteiger partial charge is 0.487 e. The minimum Gasteiger partial charge on any atom is -0.487 e. The number of aromatic nitrogens is 3. The number of pyridine rings is 1. The van der Waals surface area contributed by atoms with Gasteiger partial charge in [0.1, 0.15) is 11.9 Å². The van der Waals surface area contributed by atoms with Crippen LogP contribution in [0.2, 0.25) is 0 Å². The molecule has 24 heavy (non-hydrogen) atoms. The first-order valence-electron chi connectivity index (χ1n) is 7.67. The Bertz CT molecular complexity index is 787. The number of carbonyl (C=O) groups excluding carboxylic acids is 1. The highest BCUT2D eigenvalue weighted by Gasteiger charge is 2.16. The first kappa shape index (κ1) is 15.7. The molecule has 0 radical (unpaired) electrons. The highest BCUT2D eigenvalue weighted by atomic mass is 16.5. The highest BCUT2D eigenvalue weighted by Crippen LogP contribution is 2.20. The van der Waals surface area contributed by atoms with Gasteiger partial charge < -0.3 is 10.1 Å². The lowest BCUT2D eigenvalue weighted by Crippen LogP contribution is -2.33. The molecule has 122 valence electrons. The molecule has 2 aromatic heterocycles. The molecule has 0 aliphatic rings. The molecule has 0 aliphatic carbocycles. The third-order valence-corrected chi connectivity index (χ3v) is 3.47. The summed E-state index contributed by atoms with van der Waals surface area (Å²) in [5, 5.41) is 9.74. The van der Waals surface area contributed by atoms with Gasteiger partial charge in [-0.25, -0.2) is 0 Å². The summed E-state index contributed by atoms with van der Waals surface area (Å²) in [4.78, 5) is 16.4. The summed E-state index contributed by atoms with van der Waals surface area (Å²) in [7, 11) is 0. The number of hydrogen-bond donors (Lipinski definition) is 2. The predicted octanol–water partition coefficient (Wildman–Crippen LogP) is 2.67. The Balaban J connectivity index is 1.61. The van der Waals surface area contributed by atoms with Gasteiger partial charge in [-0.2, -0.15) is 5.10 Å². The Morgan fingerprint density at radius 1 is 1.21 bits per heavy atom. The SMILES string of the molecule is C[C@@H](CNC(=O)c1cn[nH]c1-c1ccccc1)Oc1cccnc1. The number of nitrogens with one attached hydrogen (secondary N) is 2. The number of benzene rings is 1. The molecule has 1 amide bonds. The van der Waals surface area contributed by atoms with Crippen molar-refractivity contribution in [3.8, 4) is 17.0 Å². The lowest BCUT2D eigenvalue weighted by molar-refractivity contribution is 0.0933. The molecule has 6 heteroatoms. The van der Waals surface area contributed by atoms with E-state index in [1.54, 1.807) is 18.5 Å². The van der Waals surface area contributed by atoms with E-state index in [1.165, 1.54) is 6.20 Å². The van der Waals surface area contributed by atoms with Gasteiger partial charge in [0.05, 0.1) is 30.2 Å². The summed E-state index contributed by atoms with van der Waals surface area (Å²) in [6.07, 6.45) is 4.68. The number of aromatic amines is 1. The molecule has 3 aromatic rings. The molecule has 1 atom stereocenters. The van der Waals surface area contributed by atoms with Gasteiger partial charge in [0.25, 0.3) is 5.91 Å². The monoisotopic (exact) mass is 322 g/mol. The van der Waals surface area contributed by atoms with Gasteiger partial charge in [-0.3, -0.25) is 14.9 Å². The maximum Gasteiger partial charge on any atom is 0.255 e. The fourth-order valence-electron chi connectivity index (χ4n) is 2.31. The van der Waals surface area contributed by atoms with Crippen LogP contribution in [0.25, 0.3) is 11.3 Å². The smallest absolute Gasteiger partial charge is 0.255 e. The van der Waals surface area contributed by atoms with E-state index in [2.05, 4.69) is 20.5 Å². The number of H-pyrrole nitrogens is 1. The lowest BCUT2D eigenvalue weighted by Gasteiger charge is -2.15. The topological polar surface area (TPSA) is 79.9 Å². The van der Waals surface area contributed by atoms with Crippen LogP contribution in [0.1, 0.15) is 17.3 Å². The molecule has 2 heterocycles. The van der Waals surface area contributed by atoms with Gasteiger partial charge >= 0.3 is 0 Å². The van der Waals surface area contributed by atoms with Crippen LogP contribution in [-0.2, 0) is 0 Å². The van der Waals surface area contributed by atoms with Crippen molar-refractivity contribution >= 4 is 5.91 Å². The average Bonchev–Trinajstić information content (AvgIpc) is 3.11. The van der Waals surface area contributed by atoms with Crippen LogP contribution in [0.15, 0.2) is 61.1 Å². The lowest BCUT2D eigenvalue weighted by atomic mass is 10.1. The summed E-state index contributed by atoms with van der Waals surface area (Å²) in [6, 6.07) is 13.3. The second-order valence-corrected chi connectivity index (χ2v) is 5.35. The van der Waals surface area contributed by atoms with E-state index in [1.807, 2.05) is 43.3 Å². The van der Waals surface area contributed by atoms with E-state index in [0.717, 1.165) is 5.56 Å². The van der Waals surface area contributed by atoms with Crippen molar-refractivity contribution in [3.63, 3.8) is 0 Å². The van der Waals surface area contributed by atoms with Crippen molar-refractivity contribution < 1.29 is 9.53 Å². The van der Waals surface area contributed by atoms with Gasteiger partial charge in [0, 0.05) is 11.8 Å². The standard InChI is InChI=1S/C18H18N4O2/c1-13(24-15-8-5-9-19-11-15)10-20-18(23)16-12-21-22-17(16)14-6-3-2-4-7-14/h2-9,11-13H,10H2,1H3,(H,20,23)(H,21,22)/t13-/m0/s1. The van der Waals surface area contributed by atoms with Crippen LogP contribution in [0.3, 0.4) is 0 Å². The molecule has 0 fully saturated rings. The van der Waals surface area contributed by atoms with Crippen molar-refractivity contribution in [2.45, 2.75) is 13.0 Å². The average molecular weight is 322 g/mol. The third kappa shape index (κ3) is 3.78. The maximum atomic E-state index is 12.4. The number of amides is 1. The van der Waals surface area contributed by atoms with Crippen LogP contribution in [0.5, 0.6) is 5.75 Å². The minimum absolute atomic E-state index is 0.176. The van der Waals surface area contributed by atoms with Crippen LogP contribution in [0.4, 0.5) is 0 Å². The second kappa shape index (κ2) is 7.41. The number of ether oxygens (including phenoxy) is 1.